The number of aryl methyl sites for hydroxylation is 1. The fourth-order valence-corrected chi connectivity index (χ4v) is 1.60. The number of rotatable bonds is 4. The van der Waals surface area contributed by atoms with Gasteiger partial charge in [0.1, 0.15) is 11.0 Å². The van der Waals surface area contributed by atoms with Crippen LogP contribution in [0.2, 0.25) is 5.15 Å². The predicted molar refractivity (Wildman–Crippen MR) is 64.3 cm³/mol. The smallest absolute Gasteiger partial charge is 0.254 e. The van der Waals surface area contributed by atoms with Gasteiger partial charge in [0.25, 0.3) is 5.91 Å². The van der Waals surface area contributed by atoms with Gasteiger partial charge in [-0.3, -0.25) is 4.79 Å². The quantitative estimate of drug-likeness (QED) is 0.861. The molecule has 1 amide bonds. The molecule has 0 aliphatic rings. The minimum absolute atomic E-state index is 0.00837. The lowest BCUT2D eigenvalue weighted by Crippen LogP contribution is -2.26. The van der Waals surface area contributed by atoms with Gasteiger partial charge in [-0.2, -0.15) is 4.98 Å². The molecule has 0 aliphatic heterocycles. The zero-order valence-electron chi connectivity index (χ0n) is 9.98. The van der Waals surface area contributed by atoms with Crippen LogP contribution in [0.3, 0.4) is 0 Å². The average molecular weight is 285 g/mol. The number of pyridine rings is 1. The van der Waals surface area contributed by atoms with Gasteiger partial charge in [-0.1, -0.05) is 16.8 Å². The first-order valence-corrected chi connectivity index (χ1v) is 5.82. The number of aromatic nitrogens is 3. The van der Waals surface area contributed by atoms with Gasteiger partial charge in [0.05, 0.1) is 11.8 Å². The van der Waals surface area contributed by atoms with Crippen molar-refractivity contribution in [2.45, 2.75) is 13.3 Å². The van der Waals surface area contributed by atoms with Crippen LogP contribution < -0.4 is 5.32 Å². The summed E-state index contributed by atoms with van der Waals surface area (Å²) in [7, 11) is 0. The molecule has 0 fully saturated rings. The maximum Gasteiger partial charge on any atom is 0.254 e. The lowest BCUT2D eigenvalue weighted by molar-refractivity contribution is 0.0953. The van der Waals surface area contributed by atoms with Crippen molar-refractivity contribution in [3.8, 4) is 0 Å². The van der Waals surface area contributed by atoms with Crippen molar-refractivity contribution < 1.29 is 13.7 Å². The van der Waals surface area contributed by atoms with Crippen LogP contribution in [0.25, 0.3) is 0 Å². The molecular weight excluding hydrogens is 275 g/mol. The molecule has 0 bridgehead atoms. The molecule has 0 radical (unpaired) electrons. The fraction of sp³-hybridized carbons (Fsp3) is 0.273. The minimum atomic E-state index is -0.622. The summed E-state index contributed by atoms with van der Waals surface area (Å²) in [4.78, 5) is 19.3. The maximum atomic E-state index is 13.0. The highest BCUT2D eigenvalue weighted by molar-refractivity contribution is 6.32. The Labute approximate surface area is 113 Å². The van der Waals surface area contributed by atoms with Gasteiger partial charge in [0, 0.05) is 19.9 Å². The third-order valence-corrected chi connectivity index (χ3v) is 2.56. The average Bonchev–Trinajstić information content (AvgIpc) is 2.78. The molecule has 1 N–H and O–H groups in total. The second-order valence-electron chi connectivity index (χ2n) is 3.73. The Bertz CT molecular complexity index is 602. The van der Waals surface area contributed by atoms with Crippen LogP contribution >= 0.6 is 11.6 Å². The topological polar surface area (TPSA) is 80.9 Å². The SMILES string of the molecule is Cc1nc(CCNC(=O)c2cc(F)cnc2Cl)no1. The van der Waals surface area contributed by atoms with Crippen LogP contribution in [0.4, 0.5) is 4.39 Å². The first kappa shape index (κ1) is 13.4. The second kappa shape index (κ2) is 5.75. The first-order chi connectivity index (χ1) is 9.06. The third-order valence-electron chi connectivity index (χ3n) is 2.25. The van der Waals surface area contributed by atoms with Crippen molar-refractivity contribution in [2.24, 2.45) is 0 Å². The second-order valence-corrected chi connectivity index (χ2v) is 4.09. The number of halogens is 2. The van der Waals surface area contributed by atoms with E-state index in [1.54, 1.807) is 6.92 Å². The van der Waals surface area contributed by atoms with Crippen LogP contribution in [0.15, 0.2) is 16.8 Å². The molecule has 0 aromatic carbocycles. The van der Waals surface area contributed by atoms with E-state index in [4.69, 9.17) is 16.1 Å². The first-order valence-electron chi connectivity index (χ1n) is 5.44. The maximum absolute atomic E-state index is 13.0. The van der Waals surface area contributed by atoms with E-state index in [2.05, 4.69) is 20.4 Å². The van der Waals surface area contributed by atoms with E-state index in [0.717, 1.165) is 12.3 Å². The molecular formula is C11H10ClFN4O2. The summed E-state index contributed by atoms with van der Waals surface area (Å²) in [5, 5.41) is 6.21. The fourth-order valence-electron chi connectivity index (χ4n) is 1.41. The molecule has 0 spiro atoms. The lowest BCUT2D eigenvalue weighted by atomic mass is 10.2. The number of carbonyl (C=O) groups excluding carboxylic acids is 1. The summed E-state index contributed by atoms with van der Waals surface area (Å²) in [5.41, 5.74) is -0.00837. The van der Waals surface area contributed by atoms with Gasteiger partial charge in [-0.25, -0.2) is 9.37 Å². The highest BCUT2D eigenvalue weighted by Gasteiger charge is 2.12. The zero-order valence-corrected chi connectivity index (χ0v) is 10.7. The van der Waals surface area contributed by atoms with Crippen LogP contribution in [0, 0.1) is 12.7 Å². The van der Waals surface area contributed by atoms with E-state index in [9.17, 15) is 9.18 Å². The molecule has 2 heterocycles. The molecule has 0 aliphatic carbocycles. The molecule has 8 heteroatoms. The molecule has 2 rings (SSSR count). The van der Waals surface area contributed by atoms with E-state index in [-0.39, 0.29) is 17.3 Å². The van der Waals surface area contributed by atoms with Gasteiger partial charge in [0.2, 0.25) is 5.89 Å². The Morgan fingerprint density at radius 1 is 1.58 bits per heavy atom. The third kappa shape index (κ3) is 3.47. The van der Waals surface area contributed by atoms with E-state index in [0.29, 0.717) is 18.1 Å². The van der Waals surface area contributed by atoms with Crippen LogP contribution in [0.1, 0.15) is 22.1 Å². The van der Waals surface area contributed by atoms with E-state index < -0.39 is 11.7 Å². The lowest BCUT2D eigenvalue weighted by Gasteiger charge is -2.04. The van der Waals surface area contributed by atoms with Gasteiger partial charge >= 0.3 is 0 Å². The Morgan fingerprint density at radius 2 is 2.37 bits per heavy atom. The minimum Gasteiger partial charge on any atom is -0.351 e. The van der Waals surface area contributed by atoms with E-state index in [1.807, 2.05) is 0 Å². The number of amides is 1. The predicted octanol–water partition coefficient (Wildman–Crippen LogP) is 1.54. The Morgan fingerprint density at radius 3 is 3.05 bits per heavy atom. The largest absolute Gasteiger partial charge is 0.351 e. The monoisotopic (exact) mass is 284 g/mol. The van der Waals surface area contributed by atoms with E-state index >= 15 is 0 Å². The Balaban J connectivity index is 1.92. The zero-order chi connectivity index (χ0) is 13.8. The molecule has 0 unspecified atom stereocenters. The van der Waals surface area contributed by atoms with Crippen LogP contribution in [-0.2, 0) is 6.42 Å². The number of hydrogen-bond donors (Lipinski definition) is 1. The summed E-state index contributed by atoms with van der Waals surface area (Å²) in [5.74, 6) is -0.180. The Kier molecular flexibility index (Phi) is 4.06. The van der Waals surface area contributed by atoms with Crippen molar-refractivity contribution in [1.82, 2.24) is 20.4 Å². The molecule has 2 aromatic heterocycles. The van der Waals surface area contributed by atoms with Crippen molar-refractivity contribution in [3.05, 3.63) is 40.5 Å². The van der Waals surface area contributed by atoms with Crippen molar-refractivity contribution >= 4 is 17.5 Å². The molecule has 0 saturated carbocycles. The molecule has 6 nitrogen and oxygen atoms in total. The summed E-state index contributed by atoms with van der Waals surface area (Å²) in [6.45, 7) is 1.96. The summed E-state index contributed by atoms with van der Waals surface area (Å²) in [6, 6.07) is 1.03. The van der Waals surface area contributed by atoms with Crippen LogP contribution in [-0.4, -0.2) is 27.6 Å². The van der Waals surface area contributed by atoms with Crippen molar-refractivity contribution in [3.63, 3.8) is 0 Å². The van der Waals surface area contributed by atoms with E-state index in [1.165, 1.54) is 0 Å². The normalized spacial score (nSPS) is 10.5. The van der Waals surface area contributed by atoms with Crippen molar-refractivity contribution in [2.75, 3.05) is 6.54 Å². The highest BCUT2D eigenvalue weighted by atomic mass is 35.5. The number of nitrogens with zero attached hydrogens (tertiary/aromatic N) is 3. The molecule has 2 aromatic rings. The standard InChI is InChI=1S/C11H10ClFN4O2/c1-6-16-9(17-19-6)2-3-14-11(18)8-4-7(13)5-15-10(8)12/h4-5H,2-3H2,1H3,(H,14,18). The number of carbonyl (C=O) groups is 1. The number of nitrogens with one attached hydrogen (secondary N) is 1. The number of hydrogen-bond acceptors (Lipinski definition) is 5. The Hall–Kier alpha value is -2.02. The van der Waals surface area contributed by atoms with Crippen LogP contribution in [0.5, 0.6) is 0 Å². The summed E-state index contributed by atoms with van der Waals surface area (Å²) < 4.78 is 17.8. The molecule has 19 heavy (non-hydrogen) atoms. The molecule has 0 saturated heterocycles. The van der Waals surface area contributed by atoms with Gasteiger partial charge in [-0.15, -0.1) is 0 Å². The molecule has 0 atom stereocenters. The van der Waals surface area contributed by atoms with Crippen molar-refractivity contribution in [1.29, 1.82) is 0 Å². The van der Waals surface area contributed by atoms with Gasteiger partial charge in [-0.05, 0) is 6.07 Å². The summed E-state index contributed by atoms with van der Waals surface area (Å²) >= 11 is 5.71. The summed E-state index contributed by atoms with van der Waals surface area (Å²) in [6.07, 6.45) is 1.35. The van der Waals surface area contributed by atoms with Gasteiger partial charge < -0.3 is 9.84 Å². The highest BCUT2D eigenvalue weighted by Crippen LogP contribution is 2.13. The molecule has 100 valence electrons. The van der Waals surface area contributed by atoms with Gasteiger partial charge in [0.15, 0.2) is 5.82 Å².